The first kappa shape index (κ1) is 26.0. The fourth-order valence-corrected chi connectivity index (χ4v) is 7.46. The maximum absolute atomic E-state index is 14.2. The SMILES string of the molecule is [2H]C([2H])([2H])[C@]1(O)COCCN(c2nc(O[C@@H](C)[C@@H]3C[C@@H](F)CN3C)nc(-c3noc([C@@]4(C)CCCc5sc(N)c(C#N)c54)n3)n2)C1. The number of aromatic nitrogens is 5. The average molecular weight is 617 g/mol. The Balaban J connectivity index is 1.39. The third kappa shape index (κ3) is 5.64. The van der Waals surface area contributed by atoms with Crippen LogP contribution in [-0.2, 0) is 16.6 Å². The van der Waals surface area contributed by atoms with E-state index in [4.69, 9.17) is 23.8 Å². The lowest BCUT2D eigenvalue weighted by Gasteiger charge is -2.30. The number of likely N-dealkylation sites (N-methyl/N-ethyl adjacent to an activating group) is 1. The van der Waals surface area contributed by atoms with Crippen LogP contribution in [0.4, 0.5) is 15.3 Å². The number of alkyl halides is 1. The van der Waals surface area contributed by atoms with Crippen molar-refractivity contribution in [3.63, 3.8) is 0 Å². The third-order valence-corrected chi connectivity index (χ3v) is 9.50. The van der Waals surface area contributed by atoms with E-state index >= 15 is 0 Å². The standard InChI is InChI=1S/C28H36FN9O4S/c1-15(18-10-16(29)12-37(18)4)41-26-34-22(33-25(35-26)38-8-9-40-14-27(2,39)13-38)23-32-24(42-36-23)28(3)7-5-6-19-20(28)17(11-30)21(31)43-19/h15-16,18,39H,5-10,12-14,31H2,1-4H3/t15-,16+,18-,27+,28-/m0/s1/i2D3. The minimum Gasteiger partial charge on any atom is -0.459 e. The van der Waals surface area contributed by atoms with E-state index in [-0.39, 0.29) is 68.2 Å². The van der Waals surface area contributed by atoms with Crippen LogP contribution in [0.25, 0.3) is 11.6 Å². The quantitative estimate of drug-likeness (QED) is 0.414. The van der Waals surface area contributed by atoms with Crippen molar-refractivity contribution in [3.05, 3.63) is 21.9 Å². The zero-order valence-electron chi connectivity index (χ0n) is 27.2. The van der Waals surface area contributed by atoms with Gasteiger partial charge in [0.05, 0.1) is 30.7 Å². The summed E-state index contributed by atoms with van der Waals surface area (Å²) in [5.41, 5.74) is 4.41. The van der Waals surface area contributed by atoms with Crippen LogP contribution in [0.3, 0.4) is 0 Å². The van der Waals surface area contributed by atoms with Gasteiger partial charge in [0, 0.05) is 33.7 Å². The second-order valence-corrected chi connectivity index (χ2v) is 12.9. The fraction of sp³-hybridized carbons (Fsp3) is 0.643. The Hall–Kier alpha value is -3.45. The molecule has 0 saturated carbocycles. The summed E-state index contributed by atoms with van der Waals surface area (Å²) in [6, 6.07) is 1.88. The lowest BCUT2D eigenvalue weighted by molar-refractivity contribution is -0.0123. The summed E-state index contributed by atoms with van der Waals surface area (Å²) in [5.74, 6) is 0.276. The molecule has 3 N–H and O–H groups in total. The highest BCUT2D eigenvalue weighted by Crippen LogP contribution is 2.48. The monoisotopic (exact) mass is 616 g/mol. The van der Waals surface area contributed by atoms with Crippen LogP contribution in [0.15, 0.2) is 4.52 Å². The molecule has 0 unspecified atom stereocenters. The van der Waals surface area contributed by atoms with E-state index in [1.807, 2.05) is 18.9 Å². The summed E-state index contributed by atoms with van der Waals surface area (Å²) in [6.45, 7) is 0.781. The van der Waals surface area contributed by atoms with Gasteiger partial charge >= 0.3 is 6.01 Å². The van der Waals surface area contributed by atoms with Gasteiger partial charge in [0.1, 0.15) is 28.9 Å². The minimum atomic E-state index is -2.75. The second kappa shape index (κ2) is 11.2. The van der Waals surface area contributed by atoms with Crippen molar-refractivity contribution in [2.75, 3.05) is 50.5 Å². The zero-order chi connectivity index (χ0) is 33.0. The van der Waals surface area contributed by atoms with Crippen LogP contribution in [0.1, 0.15) is 66.0 Å². The van der Waals surface area contributed by atoms with Gasteiger partial charge in [-0.3, -0.25) is 4.90 Å². The number of nitrogens with two attached hydrogens (primary N) is 1. The Morgan fingerprint density at radius 2 is 2.16 bits per heavy atom. The fourth-order valence-electron chi connectivity index (χ4n) is 6.27. The van der Waals surface area contributed by atoms with Crippen molar-refractivity contribution in [2.24, 2.45) is 0 Å². The third-order valence-electron chi connectivity index (χ3n) is 8.42. The Morgan fingerprint density at radius 3 is 2.91 bits per heavy atom. The van der Waals surface area contributed by atoms with Crippen molar-refractivity contribution >= 4 is 22.3 Å². The Kier molecular flexibility index (Phi) is 6.79. The molecule has 43 heavy (non-hydrogen) atoms. The van der Waals surface area contributed by atoms with E-state index in [0.29, 0.717) is 17.0 Å². The molecule has 3 aromatic rings. The molecule has 0 amide bonds. The number of β-amino-alcohol motifs (C(OH)–C–C–N with tert-alkyl or cyclic N) is 1. The van der Waals surface area contributed by atoms with Crippen molar-refractivity contribution in [1.29, 1.82) is 5.26 Å². The first-order valence-electron chi connectivity index (χ1n) is 15.7. The lowest BCUT2D eigenvalue weighted by atomic mass is 9.72. The number of aryl methyl sites for hydroxylation is 1. The summed E-state index contributed by atoms with van der Waals surface area (Å²) in [6.07, 6.45) is 1.04. The number of nitrogen functional groups attached to an aromatic ring is 1. The van der Waals surface area contributed by atoms with Gasteiger partial charge in [-0.05, 0) is 53.4 Å². The number of nitriles is 1. The van der Waals surface area contributed by atoms with Crippen molar-refractivity contribution < 1.29 is 27.6 Å². The second-order valence-electron chi connectivity index (χ2n) is 11.8. The first-order chi connectivity index (χ1) is 21.7. The molecule has 15 heteroatoms. The summed E-state index contributed by atoms with van der Waals surface area (Å²) < 4.78 is 55.3. The molecule has 6 rings (SSSR count). The number of nitrogens with zero attached hydrogens (tertiary/aromatic N) is 8. The van der Waals surface area contributed by atoms with Crippen LogP contribution in [-0.4, -0.2) is 98.9 Å². The van der Waals surface area contributed by atoms with Crippen LogP contribution in [0, 0.1) is 11.3 Å². The van der Waals surface area contributed by atoms with Crippen molar-refractivity contribution in [1.82, 2.24) is 30.0 Å². The topological polar surface area (TPSA) is 173 Å². The number of likely N-dealkylation sites (tertiary alicyclic amines) is 1. The van der Waals surface area contributed by atoms with E-state index in [2.05, 4.69) is 31.2 Å². The molecule has 0 radical (unpaired) electrons. The Labute approximate surface area is 257 Å². The van der Waals surface area contributed by atoms with Gasteiger partial charge in [-0.15, -0.1) is 11.3 Å². The number of aliphatic hydroxyl groups is 1. The van der Waals surface area contributed by atoms with Crippen LogP contribution in [0.5, 0.6) is 6.01 Å². The highest BCUT2D eigenvalue weighted by atomic mass is 32.1. The van der Waals surface area contributed by atoms with E-state index in [0.717, 1.165) is 23.3 Å². The Bertz CT molecular complexity index is 1650. The highest BCUT2D eigenvalue weighted by molar-refractivity contribution is 7.16. The number of thiophene rings is 1. The molecule has 2 aliphatic heterocycles. The molecule has 3 aliphatic rings. The molecule has 0 aromatic carbocycles. The Morgan fingerprint density at radius 1 is 1.33 bits per heavy atom. The van der Waals surface area contributed by atoms with Crippen LogP contribution < -0.4 is 15.4 Å². The van der Waals surface area contributed by atoms with Gasteiger partial charge in [-0.1, -0.05) is 5.16 Å². The number of fused-ring (bicyclic) bond motifs is 1. The lowest BCUT2D eigenvalue weighted by Crippen LogP contribution is -2.42. The van der Waals surface area contributed by atoms with E-state index in [1.165, 1.54) is 16.2 Å². The van der Waals surface area contributed by atoms with Crippen LogP contribution in [0.2, 0.25) is 0 Å². The number of hydrogen-bond acceptors (Lipinski definition) is 14. The predicted molar refractivity (Wildman–Crippen MR) is 156 cm³/mol. The summed E-state index contributed by atoms with van der Waals surface area (Å²) >= 11 is 1.39. The van der Waals surface area contributed by atoms with E-state index < -0.39 is 36.8 Å². The molecule has 0 bridgehead atoms. The molecule has 5 atom stereocenters. The van der Waals surface area contributed by atoms with Crippen LogP contribution >= 0.6 is 11.3 Å². The van der Waals surface area contributed by atoms with Gasteiger partial charge in [0.2, 0.25) is 23.5 Å². The normalized spacial score (nSPS) is 30.0. The molecule has 5 heterocycles. The highest BCUT2D eigenvalue weighted by Gasteiger charge is 2.43. The molecule has 230 valence electrons. The molecule has 0 spiro atoms. The first-order valence-corrected chi connectivity index (χ1v) is 15.0. The zero-order valence-corrected chi connectivity index (χ0v) is 25.0. The molecule has 3 aromatic heterocycles. The van der Waals surface area contributed by atoms with Gasteiger partial charge in [-0.2, -0.15) is 25.2 Å². The molecule has 1 aliphatic carbocycles. The average Bonchev–Trinajstić information content (AvgIpc) is 3.67. The predicted octanol–water partition coefficient (Wildman–Crippen LogP) is 2.48. The molecule has 13 nitrogen and oxygen atoms in total. The number of hydrogen-bond donors (Lipinski definition) is 2. The summed E-state index contributed by atoms with van der Waals surface area (Å²) in [7, 11) is 1.82. The van der Waals surface area contributed by atoms with Gasteiger partial charge in [-0.25, -0.2) is 4.39 Å². The number of rotatable bonds is 6. The molecule has 2 fully saturated rings. The number of halogens is 1. The summed E-state index contributed by atoms with van der Waals surface area (Å²) in [4.78, 5) is 22.6. The maximum atomic E-state index is 14.2. The van der Waals surface area contributed by atoms with Gasteiger partial charge < -0.3 is 29.7 Å². The van der Waals surface area contributed by atoms with Gasteiger partial charge in [0.25, 0.3) is 0 Å². The number of anilines is 2. The van der Waals surface area contributed by atoms with E-state index in [9.17, 15) is 14.8 Å². The number of ether oxygens (including phenoxy) is 2. The van der Waals surface area contributed by atoms with E-state index in [1.54, 1.807) is 6.92 Å². The minimum absolute atomic E-state index is 0.0124. The molecule has 2 saturated heterocycles. The molecular formula is C28H36FN9O4S. The van der Waals surface area contributed by atoms with Gasteiger partial charge in [0.15, 0.2) is 0 Å². The van der Waals surface area contributed by atoms with Crippen molar-refractivity contribution in [2.45, 2.75) is 75.7 Å². The molecular weight excluding hydrogens is 577 g/mol. The van der Waals surface area contributed by atoms with Crippen molar-refractivity contribution in [3.8, 4) is 23.7 Å². The smallest absolute Gasteiger partial charge is 0.322 e. The largest absolute Gasteiger partial charge is 0.459 e. The summed E-state index contributed by atoms with van der Waals surface area (Å²) in [5, 5.41) is 25.6. The maximum Gasteiger partial charge on any atom is 0.322 e.